The molecule has 0 radical (unpaired) electrons. The Labute approximate surface area is 213 Å². The Morgan fingerprint density at radius 1 is 1.03 bits per heavy atom. The van der Waals surface area contributed by atoms with Crippen LogP contribution in [0.2, 0.25) is 0 Å². The molecule has 0 bridgehead atoms. The number of hydrogen-bond acceptors (Lipinski definition) is 5. The molecule has 4 aromatic rings. The van der Waals surface area contributed by atoms with E-state index in [0.717, 1.165) is 60.4 Å². The molecule has 1 aliphatic rings. The van der Waals surface area contributed by atoms with Gasteiger partial charge >= 0.3 is 0 Å². The summed E-state index contributed by atoms with van der Waals surface area (Å²) in [6.45, 7) is 0.424. The SMILES string of the molecule is COc1ccc(COc2c(F)cc(C(=O)NCC3CCC(c4nc5ccccc5o4)CC3)cc2F)cc1. The van der Waals surface area contributed by atoms with Gasteiger partial charge in [-0.3, -0.25) is 4.79 Å². The molecule has 0 unspecified atom stereocenters. The molecule has 3 aromatic carbocycles. The standard InChI is InChI=1S/C29H28F2N2O4/c1-35-22-12-8-19(9-13-22)17-36-27-23(30)14-21(15-24(27)31)28(34)32-16-18-6-10-20(11-7-18)29-33-25-4-2-3-5-26(25)37-29/h2-5,8-9,12-15,18,20H,6-7,10-11,16-17H2,1H3,(H,32,34). The molecule has 1 fully saturated rings. The van der Waals surface area contributed by atoms with Gasteiger partial charge in [-0.25, -0.2) is 13.8 Å². The molecule has 0 aliphatic heterocycles. The molecule has 0 spiro atoms. The minimum atomic E-state index is -0.919. The van der Waals surface area contributed by atoms with E-state index >= 15 is 0 Å². The number of aromatic nitrogens is 1. The third kappa shape index (κ3) is 5.74. The Bertz CT molecular complexity index is 1320. The zero-order valence-electron chi connectivity index (χ0n) is 20.5. The summed E-state index contributed by atoms with van der Waals surface area (Å²) in [5.41, 5.74) is 2.31. The molecule has 1 heterocycles. The lowest BCUT2D eigenvalue weighted by Crippen LogP contribution is -2.31. The summed E-state index contributed by atoms with van der Waals surface area (Å²) < 4.78 is 45.5. The van der Waals surface area contributed by atoms with E-state index in [9.17, 15) is 13.6 Å². The highest BCUT2D eigenvalue weighted by atomic mass is 19.1. The molecule has 1 saturated carbocycles. The predicted molar refractivity (Wildman–Crippen MR) is 135 cm³/mol. The Kier molecular flexibility index (Phi) is 7.35. The number of carbonyl (C=O) groups excluding carboxylic acids is 1. The normalized spacial score (nSPS) is 17.5. The predicted octanol–water partition coefficient (Wildman–Crippen LogP) is 6.40. The fourth-order valence-electron chi connectivity index (χ4n) is 4.72. The van der Waals surface area contributed by atoms with Gasteiger partial charge in [-0.05, 0) is 73.6 Å². The summed E-state index contributed by atoms with van der Waals surface area (Å²) in [5.74, 6) is -0.878. The number of fused-ring (bicyclic) bond motifs is 1. The van der Waals surface area contributed by atoms with Gasteiger partial charge < -0.3 is 19.2 Å². The van der Waals surface area contributed by atoms with Crippen molar-refractivity contribution in [2.24, 2.45) is 5.92 Å². The van der Waals surface area contributed by atoms with Crippen molar-refractivity contribution in [3.05, 3.63) is 89.3 Å². The van der Waals surface area contributed by atoms with Crippen LogP contribution in [-0.2, 0) is 6.61 Å². The van der Waals surface area contributed by atoms with Crippen LogP contribution in [0.25, 0.3) is 11.1 Å². The number of nitrogens with one attached hydrogen (secondary N) is 1. The van der Waals surface area contributed by atoms with Gasteiger partial charge in [0.25, 0.3) is 5.91 Å². The number of methoxy groups -OCH3 is 1. The molecule has 8 heteroatoms. The monoisotopic (exact) mass is 506 g/mol. The van der Waals surface area contributed by atoms with E-state index in [0.29, 0.717) is 12.3 Å². The lowest BCUT2D eigenvalue weighted by atomic mass is 9.82. The molecule has 1 N–H and O–H groups in total. The molecular formula is C29H28F2N2O4. The number of carbonyl (C=O) groups is 1. The van der Waals surface area contributed by atoms with Crippen molar-refractivity contribution in [3.63, 3.8) is 0 Å². The maximum absolute atomic E-state index is 14.6. The molecule has 37 heavy (non-hydrogen) atoms. The highest BCUT2D eigenvalue weighted by molar-refractivity contribution is 5.94. The second-order valence-corrected chi connectivity index (χ2v) is 9.35. The van der Waals surface area contributed by atoms with E-state index in [-0.39, 0.29) is 24.0 Å². The number of nitrogens with zero attached hydrogens (tertiary/aromatic N) is 1. The van der Waals surface area contributed by atoms with Gasteiger partial charge in [0.1, 0.15) is 17.9 Å². The first-order valence-corrected chi connectivity index (χ1v) is 12.4. The van der Waals surface area contributed by atoms with E-state index in [1.807, 2.05) is 24.3 Å². The van der Waals surface area contributed by atoms with E-state index in [1.54, 1.807) is 31.4 Å². The van der Waals surface area contributed by atoms with Crippen LogP contribution in [-0.4, -0.2) is 24.5 Å². The van der Waals surface area contributed by atoms with Crippen LogP contribution in [0.5, 0.6) is 11.5 Å². The Balaban J connectivity index is 1.12. The van der Waals surface area contributed by atoms with Crippen molar-refractivity contribution >= 4 is 17.0 Å². The number of ether oxygens (including phenoxy) is 2. The zero-order valence-corrected chi connectivity index (χ0v) is 20.5. The molecule has 1 aromatic heterocycles. The van der Waals surface area contributed by atoms with Gasteiger partial charge in [0.15, 0.2) is 28.9 Å². The van der Waals surface area contributed by atoms with Gasteiger partial charge in [0.05, 0.1) is 7.11 Å². The maximum Gasteiger partial charge on any atom is 0.251 e. The highest BCUT2D eigenvalue weighted by Gasteiger charge is 2.26. The molecule has 5 rings (SSSR count). The summed E-state index contributed by atoms with van der Waals surface area (Å²) in [6, 6.07) is 16.7. The number of hydrogen-bond donors (Lipinski definition) is 1. The van der Waals surface area contributed by atoms with Crippen LogP contribution in [0.1, 0.15) is 53.4 Å². The van der Waals surface area contributed by atoms with E-state index in [4.69, 9.17) is 13.9 Å². The lowest BCUT2D eigenvalue weighted by Gasteiger charge is -2.26. The quantitative estimate of drug-likeness (QED) is 0.299. The summed E-state index contributed by atoms with van der Waals surface area (Å²) in [4.78, 5) is 17.2. The Hall–Kier alpha value is -3.94. The molecule has 6 nitrogen and oxygen atoms in total. The first-order valence-electron chi connectivity index (χ1n) is 12.4. The van der Waals surface area contributed by atoms with Gasteiger partial charge in [-0.2, -0.15) is 0 Å². The minimum Gasteiger partial charge on any atom is -0.497 e. The number of halogens is 2. The minimum absolute atomic E-state index is 0.0183. The number of rotatable bonds is 8. The van der Waals surface area contributed by atoms with Crippen LogP contribution in [0.4, 0.5) is 8.78 Å². The fourth-order valence-corrected chi connectivity index (χ4v) is 4.72. The second kappa shape index (κ2) is 11.0. The Morgan fingerprint density at radius 2 is 1.73 bits per heavy atom. The summed E-state index contributed by atoms with van der Waals surface area (Å²) in [7, 11) is 1.56. The largest absolute Gasteiger partial charge is 0.497 e. The third-order valence-electron chi connectivity index (χ3n) is 6.86. The van der Waals surface area contributed by atoms with Gasteiger partial charge in [-0.1, -0.05) is 24.3 Å². The molecule has 0 atom stereocenters. The van der Waals surface area contributed by atoms with Crippen molar-refractivity contribution in [3.8, 4) is 11.5 Å². The van der Waals surface area contributed by atoms with Gasteiger partial charge in [-0.15, -0.1) is 0 Å². The maximum atomic E-state index is 14.6. The highest BCUT2D eigenvalue weighted by Crippen LogP contribution is 2.36. The van der Waals surface area contributed by atoms with Gasteiger partial charge in [0, 0.05) is 18.0 Å². The zero-order chi connectivity index (χ0) is 25.8. The van der Waals surface area contributed by atoms with Gasteiger partial charge in [0.2, 0.25) is 0 Å². The van der Waals surface area contributed by atoms with Crippen LogP contribution < -0.4 is 14.8 Å². The van der Waals surface area contributed by atoms with Crippen LogP contribution >= 0.6 is 0 Å². The van der Waals surface area contributed by atoms with Crippen molar-refractivity contribution in [1.29, 1.82) is 0 Å². The van der Waals surface area contributed by atoms with Crippen molar-refractivity contribution in [2.45, 2.75) is 38.2 Å². The average Bonchev–Trinajstić information content (AvgIpc) is 3.36. The van der Waals surface area contributed by atoms with E-state index < -0.39 is 23.3 Å². The van der Waals surface area contributed by atoms with Crippen molar-refractivity contribution < 1.29 is 27.5 Å². The average molecular weight is 507 g/mol. The topological polar surface area (TPSA) is 73.6 Å². The molecule has 192 valence electrons. The first-order chi connectivity index (χ1) is 18.0. The number of oxazole rings is 1. The molecule has 1 amide bonds. The van der Waals surface area contributed by atoms with Crippen LogP contribution in [0.15, 0.2) is 65.1 Å². The number of amides is 1. The summed E-state index contributed by atoms with van der Waals surface area (Å²) in [6.07, 6.45) is 3.64. The smallest absolute Gasteiger partial charge is 0.251 e. The van der Waals surface area contributed by atoms with E-state index in [2.05, 4.69) is 10.3 Å². The van der Waals surface area contributed by atoms with Crippen molar-refractivity contribution in [1.82, 2.24) is 10.3 Å². The fraction of sp³-hybridized carbons (Fsp3) is 0.310. The van der Waals surface area contributed by atoms with Crippen molar-refractivity contribution in [2.75, 3.05) is 13.7 Å². The number of para-hydroxylation sites is 2. The Morgan fingerprint density at radius 3 is 2.41 bits per heavy atom. The lowest BCUT2D eigenvalue weighted by molar-refractivity contribution is 0.0941. The van der Waals surface area contributed by atoms with E-state index in [1.165, 1.54) is 0 Å². The summed E-state index contributed by atoms with van der Waals surface area (Å²) in [5, 5.41) is 2.82. The van der Waals surface area contributed by atoms with Crippen LogP contribution in [0, 0.1) is 17.6 Å². The summed E-state index contributed by atoms with van der Waals surface area (Å²) >= 11 is 0. The molecule has 0 saturated heterocycles. The first kappa shape index (κ1) is 24.7. The third-order valence-corrected chi connectivity index (χ3v) is 6.86. The second-order valence-electron chi connectivity index (χ2n) is 9.35. The molecular weight excluding hydrogens is 478 g/mol. The van der Waals surface area contributed by atoms with Crippen LogP contribution in [0.3, 0.4) is 0 Å². The number of benzene rings is 3. The molecule has 1 aliphatic carbocycles.